The maximum atomic E-state index is 12.7. The Morgan fingerprint density at radius 2 is 1.81 bits per heavy atom. The second-order valence-electron chi connectivity index (χ2n) is 6.97. The van der Waals surface area contributed by atoms with Gasteiger partial charge in [-0.1, -0.05) is 54.1 Å². The average molecular weight is 449 g/mol. The Hall–Kier alpha value is -3.84. The van der Waals surface area contributed by atoms with Crippen molar-refractivity contribution < 1.29 is 13.9 Å². The summed E-state index contributed by atoms with van der Waals surface area (Å²) >= 11 is 6.03. The Balaban J connectivity index is 1.53. The van der Waals surface area contributed by atoms with Crippen LogP contribution in [-0.4, -0.2) is 23.3 Å². The Morgan fingerprint density at radius 3 is 2.56 bits per heavy atom. The smallest absolute Gasteiger partial charge is 0.315 e. The summed E-state index contributed by atoms with van der Waals surface area (Å²) in [6.45, 7) is 0.329. The standard InChI is InChI=1S/C24H21ClN4O3/c1-31-20-9-5-6-16(14-20)15-26-24(30)27-21(17-10-12-19(25)13-11-17)23-29-28-22(32-23)18-7-3-2-4-8-18/h2-14,21H,15H2,1H3,(H2,26,27,30). The van der Waals surface area contributed by atoms with Crippen molar-refractivity contribution in [2.24, 2.45) is 0 Å². The van der Waals surface area contributed by atoms with Gasteiger partial charge in [0.15, 0.2) is 0 Å². The van der Waals surface area contributed by atoms with Gasteiger partial charge in [-0.25, -0.2) is 4.79 Å². The van der Waals surface area contributed by atoms with Crippen LogP contribution >= 0.6 is 11.6 Å². The second kappa shape index (κ2) is 9.98. The van der Waals surface area contributed by atoms with Gasteiger partial charge in [-0.3, -0.25) is 0 Å². The lowest BCUT2D eigenvalue weighted by molar-refractivity contribution is 0.236. The fourth-order valence-electron chi connectivity index (χ4n) is 3.14. The van der Waals surface area contributed by atoms with Gasteiger partial charge in [0.25, 0.3) is 0 Å². The van der Waals surface area contributed by atoms with Gasteiger partial charge in [-0.15, -0.1) is 10.2 Å². The highest BCUT2D eigenvalue weighted by molar-refractivity contribution is 6.30. The highest BCUT2D eigenvalue weighted by Gasteiger charge is 2.23. The van der Waals surface area contributed by atoms with Gasteiger partial charge in [-0.2, -0.15) is 0 Å². The summed E-state index contributed by atoms with van der Waals surface area (Å²) in [7, 11) is 1.60. The Kier molecular flexibility index (Phi) is 6.67. The van der Waals surface area contributed by atoms with Crippen LogP contribution in [0.4, 0.5) is 4.79 Å². The minimum atomic E-state index is -0.650. The van der Waals surface area contributed by atoms with Gasteiger partial charge in [0.05, 0.1) is 7.11 Å². The zero-order chi connectivity index (χ0) is 22.3. The van der Waals surface area contributed by atoms with Crippen molar-refractivity contribution in [3.05, 3.63) is 101 Å². The van der Waals surface area contributed by atoms with Crippen LogP contribution in [0, 0.1) is 0 Å². The van der Waals surface area contributed by atoms with E-state index in [-0.39, 0.29) is 11.9 Å². The van der Waals surface area contributed by atoms with E-state index in [1.54, 1.807) is 19.2 Å². The fourth-order valence-corrected chi connectivity index (χ4v) is 3.26. The molecule has 162 valence electrons. The number of amides is 2. The summed E-state index contributed by atoms with van der Waals surface area (Å²) in [4.78, 5) is 12.7. The lowest BCUT2D eigenvalue weighted by Gasteiger charge is -2.16. The van der Waals surface area contributed by atoms with Crippen LogP contribution in [0.3, 0.4) is 0 Å². The van der Waals surface area contributed by atoms with Crippen LogP contribution in [0.5, 0.6) is 5.75 Å². The maximum absolute atomic E-state index is 12.7. The molecule has 0 bridgehead atoms. The number of aromatic nitrogens is 2. The van der Waals surface area contributed by atoms with Crippen molar-refractivity contribution in [3.63, 3.8) is 0 Å². The molecule has 7 nitrogen and oxygen atoms in total. The monoisotopic (exact) mass is 448 g/mol. The molecular formula is C24H21ClN4O3. The normalized spacial score (nSPS) is 11.6. The van der Waals surface area contributed by atoms with Crippen LogP contribution in [0.1, 0.15) is 23.1 Å². The van der Waals surface area contributed by atoms with Gasteiger partial charge < -0.3 is 19.8 Å². The molecule has 8 heteroatoms. The van der Waals surface area contributed by atoms with E-state index in [0.717, 1.165) is 22.4 Å². The molecule has 1 aromatic heterocycles. The number of hydrogen-bond donors (Lipinski definition) is 2. The summed E-state index contributed by atoms with van der Waals surface area (Å²) in [5.41, 5.74) is 2.46. The maximum Gasteiger partial charge on any atom is 0.315 e. The number of rotatable bonds is 7. The van der Waals surface area contributed by atoms with E-state index >= 15 is 0 Å². The summed E-state index contributed by atoms with van der Waals surface area (Å²) in [6.07, 6.45) is 0. The SMILES string of the molecule is COc1cccc(CNC(=O)NC(c2ccc(Cl)cc2)c2nnc(-c3ccccc3)o2)c1. The molecule has 0 aliphatic carbocycles. The molecule has 4 aromatic rings. The van der Waals surface area contributed by atoms with E-state index in [1.165, 1.54) is 0 Å². The number of carbonyl (C=O) groups is 1. The van der Waals surface area contributed by atoms with Crippen molar-refractivity contribution in [1.29, 1.82) is 0 Å². The van der Waals surface area contributed by atoms with Crippen LogP contribution in [0.2, 0.25) is 5.02 Å². The van der Waals surface area contributed by atoms with E-state index in [9.17, 15) is 4.79 Å². The Labute approximate surface area is 190 Å². The van der Waals surface area contributed by atoms with Crippen LogP contribution in [0.25, 0.3) is 11.5 Å². The summed E-state index contributed by atoms with van der Waals surface area (Å²) < 4.78 is 11.1. The van der Waals surface area contributed by atoms with Crippen LogP contribution < -0.4 is 15.4 Å². The first-order valence-corrected chi connectivity index (χ1v) is 10.3. The van der Waals surface area contributed by atoms with Crippen molar-refractivity contribution in [1.82, 2.24) is 20.8 Å². The molecule has 2 amide bonds. The molecule has 1 heterocycles. The Morgan fingerprint density at radius 1 is 1.03 bits per heavy atom. The number of hydrogen-bond acceptors (Lipinski definition) is 5. The van der Waals surface area contributed by atoms with Crippen molar-refractivity contribution in [2.75, 3.05) is 7.11 Å². The molecule has 0 saturated heterocycles. The van der Waals surface area contributed by atoms with E-state index in [1.807, 2.05) is 66.7 Å². The molecule has 2 N–H and O–H groups in total. The minimum Gasteiger partial charge on any atom is -0.497 e. The first-order valence-electron chi connectivity index (χ1n) is 9.94. The summed E-state index contributed by atoms with van der Waals surface area (Å²) in [5.74, 6) is 1.36. The molecular weight excluding hydrogens is 428 g/mol. The highest BCUT2D eigenvalue weighted by Crippen LogP contribution is 2.26. The van der Waals surface area contributed by atoms with Gasteiger partial charge in [-0.05, 0) is 47.5 Å². The molecule has 1 atom stereocenters. The molecule has 0 aliphatic rings. The van der Waals surface area contributed by atoms with Crippen molar-refractivity contribution in [2.45, 2.75) is 12.6 Å². The molecule has 0 fully saturated rings. The quantitative estimate of drug-likeness (QED) is 0.416. The third-order valence-electron chi connectivity index (χ3n) is 4.77. The molecule has 4 rings (SSSR count). The van der Waals surface area contributed by atoms with Crippen LogP contribution in [0.15, 0.2) is 83.3 Å². The van der Waals surface area contributed by atoms with Gasteiger partial charge >= 0.3 is 6.03 Å². The largest absolute Gasteiger partial charge is 0.497 e. The number of urea groups is 1. The minimum absolute atomic E-state index is 0.266. The predicted octanol–water partition coefficient (Wildman–Crippen LogP) is 4.99. The first kappa shape index (κ1) is 21.4. The van der Waals surface area contributed by atoms with Gasteiger partial charge in [0.2, 0.25) is 11.8 Å². The lowest BCUT2D eigenvalue weighted by atomic mass is 10.1. The molecule has 0 spiro atoms. The van der Waals surface area contributed by atoms with Gasteiger partial charge in [0.1, 0.15) is 11.8 Å². The van der Waals surface area contributed by atoms with E-state index in [4.69, 9.17) is 20.8 Å². The third kappa shape index (κ3) is 5.25. The number of benzene rings is 3. The predicted molar refractivity (Wildman–Crippen MR) is 121 cm³/mol. The molecule has 0 aliphatic heterocycles. The fraction of sp³-hybridized carbons (Fsp3) is 0.125. The molecule has 0 saturated carbocycles. The number of carbonyl (C=O) groups excluding carboxylic acids is 1. The Bertz CT molecular complexity index is 1180. The number of nitrogens with one attached hydrogen (secondary N) is 2. The average Bonchev–Trinajstić information content (AvgIpc) is 3.33. The number of halogens is 1. The molecule has 3 aromatic carbocycles. The zero-order valence-electron chi connectivity index (χ0n) is 17.3. The number of ether oxygens (including phenoxy) is 1. The number of nitrogens with zero attached hydrogens (tertiary/aromatic N) is 2. The van der Waals surface area contributed by atoms with Crippen LogP contribution in [-0.2, 0) is 6.54 Å². The third-order valence-corrected chi connectivity index (χ3v) is 5.03. The summed E-state index contributed by atoms with van der Waals surface area (Å²) in [6, 6.07) is 23.0. The zero-order valence-corrected chi connectivity index (χ0v) is 18.0. The van der Waals surface area contributed by atoms with E-state index in [2.05, 4.69) is 20.8 Å². The first-order chi connectivity index (χ1) is 15.6. The molecule has 1 unspecified atom stereocenters. The summed E-state index contributed by atoms with van der Waals surface area (Å²) in [5, 5.41) is 14.7. The van der Waals surface area contributed by atoms with E-state index in [0.29, 0.717) is 17.5 Å². The molecule has 32 heavy (non-hydrogen) atoms. The van der Waals surface area contributed by atoms with Crippen molar-refractivity contribution in [3.8, 4) is 17.2 Å². The van der Waals surface area contributed by atoms with Gasteiger partial charge in [0, 0.05) is 17.1 Å². The highest BCUT2D eigenvalue weighted by atomic mass is 35.5. The molecule has 0 radical (unpaired) electrons. The van der Waals surface area contributed by atoms with E-state index < -0.39 is 6.04 Å². The number of methoxy groups -OCH3 is 1. The van der Waals surface area contributed by atoms with Crippen molar-refractivity contribution >= 4 is 17.6 Å². The second-order valence-corrected chi connectivity index (χ2v) is 7.41. The lowest BCUT2D eigenvalue weighted by Crippen LogP contribution is -2.38. The topological polar surface area (TPSA) is 89.3 Å².